The minimum atomic E-state index is 0.171. The van der Waals surface area contributed by atoms with Crippen LogP contribution in [0.3, 0.4) is 0 Å². The molecule has 0 aromatic rings. The average Bonchev–Trinajstić information content (AvgIpc) is 2.48. The van der Waals surface area contributed by atoms with Gasteiger partial charge in [-0.1, -0.05) is 45.4 Å². The largest absolute Gasteiger partial charge is 0.373 e. The van der Waals surface area contributed by atoms with Gasteiger partial charge in [0.2, 0.25) is 0 Å². The van der Waals surface area contributed by atoms with E-state index in [-0.39, 0.29) is 5.60 Å². The SMILES string of the molecule is CCCNCC1(OCC2CCCCC2)CCCCC1. The van der Waals surface area contributed by atoms with Crippen LogP contribution in [0.15, 0.2) is 0 Å². The molecule has 0 saturated heterocycles. The van der Waals surface area contributed by atoms with Gasteiger partial charge in [0.25, 0.3) is 0 Å². The van der Waals surface area contributed by atoms with Crippen molar-refractivity contribution in [2.45, 2.75) is 83.2 Å². The Bertz CT molecular complexity index is 229. The maximum atomic E-state index is 6.49. The Balaban J connectivity index is 1.78. The van der Waals surface area contributed by atoms with Crippen molar-refractivity contribution in [2.24, 2.45) is 5.92 Å². The fraction of sp³-hybridized carbons (Fsp3) is 1.00. The summed E-state index contributed by atoms with van der Waals surface area (Å²) >= 11 is 0. The molecule has 0 aromatic carbocycles. The molecule has 2 heteroatoms. The first-order valence-electron chi connectivity index (χ1n) is 8.69. The molecule has 2 aliphatic carbocycles. The molecule has 0 atom stereocenters. The van der Waals surface area contributed by atoms with E-state index in [0.29, 0.717) is 0 Å². The van der Waals surface area contributed by atoms with Crippen LogP contribution in [-0.4, -0.2) is 25.3 Å². The topological polar surface area (TPSA) is 21.3 Å². The van der Waals surface area contributed by atoms with Crippen LogP contribution >= 0.6 is 0 Å². The molecule has 1 N–H and O–H groups in total. The molecule has 0 unspecified atom stereocenters. The lowest BCUT2D eigenvalue weighted by Gasteiger charge is -2.39. The van der Waals surface area contributed by atoms with Gasteiger partial charge in [-0.05, 0) is 44.6 Å². The summed E-state index contributed by atoms with van der Waals surface area (Å²) in [7, 11) is 0. The van der Waals surface area contributed by atoms with Crippen molar-refractivity contribution in [1.82, 2.24) is 5.32 Å². The molecule has 112 valence electrons. The Labute approximate surface area is 119 Å². The van der Waals surface area contributed by atoms with Crippen LogP contribution in [0.1, 0.15) is 77.6 Å². The van der Waals surface area contributed by atoms with Crippen molar-refractivity contribution in [3.8, 4) is 0 Å². The lowest BCUT2D eigenvalue weighted by atomic mass is 9.84. The van der Waals surface area contributed by atoms with Crippen LogP contribution in [0.5, 0.6) is 0 Å². The lowest BCUT2D eigenvalue weighted by Crippen LogP contribution is -2.45. The molecule has 2 nitrogen and oxygen atoms in total. The highest BCUT2D eigenvalue weighted by atomic mass is 16.5. The Hall–Kier alpha value is -0.0800. The second-order valence-corrected chi connectivity index (χ2v) is 6.74. The summed E-state index contributed by atoms with van der Waals surface area (Å²) in [6.07, 6.45) is 15.0. The van der Waals surface area contributed by atoms with E-state index in [1.807, 2.05) is 0 Å². The van der Waals surface area contributed by atoms with Crippen LogP contribution in [-0.2, 0) is 4.74 Å². The predicted octanol–water partition coefficient (Wildman–Crippen LogP) is 4.29. The highest BCUT2D eigenvalue weighted by molar-refractivity contribution is 4.87. The van der Waals surface area contributed by atoms with Crippen molar-refractivity contribution in [2.75, 3.05) is 19.7 Å². The monoisotopic (exact) mass is 267 g/mol. The van der Waals surface area contributed by atoms with Crippen molar-refractivity contribution < 1.29 is 4.74 Å². The van der Waals surface area contributed by atoms with E-state index in [0.717, 1.165) is 25.6 Å². The molecule has 0 bridgehead atoms. The Morgan fingerprint density at radius 2 is 1.68 bits per heavy atom. The van der Waals surface area contributed by atoms with Crippen LogP contribution in [0, 0.1) is 5.92 Å². The van der Waals surface area contributed by atoms with Crippen LogP contribution in [0.4, 0.5) is 0 Å². The van der Waals surface area contributed by atoms with E-state index in [1.54, 1.807) is 0 Å². The van der Waals surface area contributed by atoms with E-state index in [4.69, 9.17) is 4.74 Å². The van der Waals surface area contributed by atoms with E-state index in [1.165, 1.54) is 70.6 Å². The molecule has 2 rings (SSSR count). The molecule has 0 heterocycles. The second kappa shape index (κ2) is 8.26. The van der Waals surface area contributed by atoms with Crippen molar-refractivity contribution >= 4 is 0 Å². The first-order chi connectivity index (χ1) is 9.35. The second-order valence-electron chi connectivity index (χ2n) is 6.74. The first-order valence-corrected chi connectivity index (χ1v) is 8.69. The molecule has 0 aliphatic heterocycles. The lowest BCUT2D eigenvalue weighted by molar-refractivity contribution is -0.0848. The quantitative estimate of drug-likeness (QED) is 0.695. The zero-order valence-corrected chi connectivity index (χ0v) is 12.9. The summed E-state index contributed by atoms with van der Waals surface area (Å²) in [6, 6.07) is 0. The summed E-state index contributed by atoms with van der Waals surface area (Å²) in [5.74, 6) is 0.846. The predicted molar refractivity (Wildman–Crippen MR) is 81.5 cm³/mol. The van der Waals surface area contributed by atoms with Gasteiger partial charge in [0.15, 0.2) is 0 Å². The average molecular weight is 267 g/mol. The summed E-state index contributed by atoms with van der Waals surface area (Å²) in [4.78, 5) is 0. The molecule has 0 radical (unpaired) electrons. The summed E-state index contributed by atoms with van der Waals surface area (Å²) in [5.41, 5.74) is 0.171. The Morgan fingerprint density at radius 1 is 1.00 bits per heavy atom. The molecule has 0 spiro atoms. The van der Waals surface area contributed by atoms with E-state index >= 15 is 0 Å². The summed E-state index contributed by atoms with van der Waals surface area (Å²) < 4.78 is 6.49. The van der Waals surface area contributed by atoms with Gasteiger partial charge < -0.3 is 10.1 Å². The number of hydrogen-bond donors (Lipinski definition) is 1. The number of rotatable bonds is 7. The molecule has 2 aliphatic rings. The normalized spacial score (nSPS) is 24.5. The minimum absolute atomic E-state index is 0.171. The Morgan fingerprint density at radius 3 is 2.37 bits per heavy atom. The smallest absolute Gasteiger partial charge is 0.0806 e. The maximum absolute atomic E-state index is 6.49. The highest BCUT2D eigenvalue weighted by Crippen LogP contribution is 2.33. The molecule has 0 amide bonds. The first kappa shape index (κ1) is 15.3. The fourth-order valence-corrected chi connectivity index (χ4v) is 3.71. The summed E-state index contributed by atoms with van der Waals surface area (Å²) in [5, 5.41) is 3.61. The molecular formula is C17H33NO. The van der Waals surface area contributed by atoms with Crippen molar-refractivity contribution in [1.29, 1.82) is 0 Å². The van der Waals surface area contributed by atoms with Crippen molar-refractivity contribution in [3.63, 3.8) is 0 Å². The third kappa shape index (κ3) is 5.07. The zero-order valence-electron chi connectivity index (χ0n) is 12.9. The van der Waals surface area contributed by atoms with Crippen LogP contribution in [0.25, 0.3) is 0 Å². The zero-order chi connectivity index (χ0) is 13.4. The van der Waals surface area contributed by atoms with E-state index in [9.17, 15) is 0 Å². The molecular weight excluding hydrogens is 234 g/mol. The van der Waals surface area contributed by atoms with Gasteiger partial charge in [0, 0.05) is 6.54 Å². The van der Waals surface area contributed by atoms with Crippen LogP contribution in [0.2, 0.25) is 0 Å². The third-order valence-corrected chi connectivity index (χ3v) is 4.99. The summed E-state index contributed by atoms with van der Waals surface area (Å²) in [6.45, 7) is 5.47. The van der Waals surface area contributed by atoms with Gasteiger partial charge in [-0.25, -0.2) is 0 Å². The number of nitrogens with one attached hydrogen (secondary N) is 1. The Kier molecular flexibility index (Phi) is 6.66. The fourth-order valence-electron chi connectivity index (χ4n) is 3.71. The molecule has 19 heavy (non-hydrogen) atoms. The third-order valence-electron chi connectivity index (χ3n) is 4.99. The highest BCUT2D eigenvalue weighted by Gasteiger charge is 2.33. The van der Waals surface area contributed by atoms with Gasteiger partial charge in [-0.15, -0.1) is 0 Å². The maximum Gasteiger partial charge on any atom is 0.0806 e. The van der Waals surface area contributed by atoms with Gasteiger partial charge in [0.05, 0.1) is 12.2 Å². The van der Waals surface area contributed by atoms with Gasteiger partial charge in [0.1, 0.15) is 0 Å². The van der Waals surface area contributed by atoms with Gasteiger partial charge in [-0.2, -0.15) is 0 Å². The molecule has 0 aromatic heterocycles. The standard InChI is InChI=1S/C17H33NO/c1-2-13-18-15-17(11-7-4-8-12-17)19-14-16-9-5-3-6-10-16/h16,18H,2-15H2,1H3. The van der Waals surface area contributed by atoms with Crippen LogP contribution < -0.4 is 5.32 Å². The number of hydrogen-bond acceptors (Lipinski definition) is 2. The molecule has 2 fully saturated rings. The minimum Gasteiger partial charge on any atom is -0.373 e. The molecule has 2 saturated carbocycles. The van der Waals surface area contributed by atoms with Crippen molar-refractivity contribution in [3.05, 3.63) is 0 Å². The number of ether oxygens (including phenoxy) is 1. The van der Waals surface area contributed by atoms with E-state index in [2.05, 4.69) is 12.2 Å². The van der Waals surface area contributed by atoms with Gasteiger partial charge >= 0.3 is 0 Å². The van der Waals surface area contributed by atoms with E-state index < -0.39 is 0 Å². The van der Waals surface area contributed by atoms with Gasteiger partial charge in [-0.3, -0.25) is 0 Å².